The first-order valence-corrected chi connectivity index (χ1v) is 9.29. The van der Waals surface area contributed by atoms with Crippen molar-refractivity contribution in [1.82, 2.24) is 9.37 Å². The maximum atomic E-state index is 12.8. The summed E-state index contributed by atoms with van der Waals surface area (Å²) in [6.07, 6.45) is 1.93. The van der Waals surface area contributed by atoms with Gasteiger partial charge < -0.3 is 0 Å². The Morgan fingerprint density at radius 1 is 1.35 bits per heavy atom. The lowest BCUT2D eigenvalue weighted by Gasteiger charge is -2.26. The van der Waals surface area contributed by atoms with E-state index < -0.39 is 15.3 Å². The van der Waals surface area contributed by atoms with Crippen molar-refractivity contribution >= 4 is 21.4 Å². The number of thiophene rings is 1. The molecule has 0 N–H and O–H groups in total. The highest BCUT2D eigenvalue weighted by Crippen LogP contribution is 2.39. The molecule has 2 saturated heterocycles. The summed E-state index contributed by atoms with van der Waals surface area (Å²) in [6.45, 7) is 3.58. The number of aryl methyl sites for hydroxylation is 1. The molecule has 0 bridgehead atoms. The first-order chi connectivity index (χ1) is 9.51. The quantitative estimate of drug-likeness (QED) is 0.853. The molecule has 2 atom stereocenters. The minimum absolute atomic E-state index is 0.194. The van der Waals surface area contributed by atoms with E-state index in [0.717, 1.165) is 23.3 Å². The van der Waals surface area contributed by atoms with Gasteiger partial charge in [0.1, 0.15) is 5.25 Å². The highest BCUT2D eigenvalue weighted by Gasteiger charge is 2.47. The summed E-state index contributed by atoms with van der Waals surface area (Å²) < 4.78 is 27.3. The Labute approximate surface area is 124 Å². The molecule has 0 aliphatic carbocycles. The van der Waals surface area contributed by atoms with Crippen LogP contribution in [0, 0.1) is 6.92 Å². The van der Waals surface area contributed by atoms with Gasteiger partial charge in [-0.15, -0.1) is 11.3 Å². The Bertz CT molecular complexity index is 578. The molecule has 20 heavy (non-hydrogen) atoms. The van der Waals surface area contributed by atoms with E-state index >= 15 is 0 Å². The molecule has 2 aliphatic rings. The zero-order valence-corrected chi connectivity index (χ0v) is 13.4. The Morgan fingerprint density at radius 2 is 2.05 bits per heavy atom. The SMILES string of the molecule is Cc1ccsc1C1C(S(=O)(=O)N2CCCC2)CON1C. The first kappa shape index (κ1) is 14.5. The lowest BCUT2D eigenvalue weighted by atomic mass is 10.1. The van der Waals surface area contributed by atoms with Gasteiger partial charge in [0.2, 0.25) is 10.0 Å². The average Bonchev–Trinajstić information content (AvgIpc) is 3.09. The van der Waals surface area contributed by atoms with Crippen LogP contribution in [0.3, 0.4) is 0 Å². The van der Waals surface area contributed by atoms with Gasteiger partial charge >= 0.3 is 0 Å². The Hall–Kier alpha value is -0.470. The molecular formula is C13H20N2O3S2. The van der Waals surface area contributed by atoms with Crippen LogP contribution in [0.2, 0.25) is 0 Å². The molecule has 112 valence electrons. The van der Waals surface area contributed by atoms with E-state index in [9.17, 15) is 8.42 Å². The second kappa shape index (κ2) is 5.38. The monoisotopic (exact) mass is 316 g/mol. The summed E-state index contributed by atoms with van der Waals surface area (Å²) in [5.41, 5.74) is 1.14. The van der Waals surface area contributed by atoms with Gasteiger partial charge in [-0.05, 0) is 36.8 Å². The molecule has 2 aliphatic heterocycles. The smallest absolute Gasteiger partial charge is 0.221 e. The van der Waals surface area contributed by atoms with Crippen molar-refractivity contribution in [2.45, 2.75) is 31.1 Å². The molecule has 2 fully saturated rings. The standard InChI is InChI=1S/C13H20N2O3S2/c1-10-5-8-19-13(10)12-11(9-18-14(12)2)20(16,17)15-6-3-4-7-15/h5,8,11-12H,3-4,6-7,9H2,1-2H3. The van der Waals surface area contributed by atoms with Gasteiger partial charge in [0.05, 0.1) is 12.6 Å². The molecule has 2 unspecified atom stereocenters. The van der Waals surface area contributed by atoms with Crippen LogP contribution in [0.25, 0.3) is 0 Å². The molecule has 3 rings (SSSR count). The van der Waals surface area contributed by atoms with Crippen molar-refractivity contribution < 1.29 is 13.3 Å². The van der Waals surface area contributed by atoms with Gasteiger partial charge in [-0.2, -0.15) is 5.06 Å². The predicted molar refractivity (Wildman–Crippen MR) is 79.0 cm³/mol. The normalized spacial score (nSPS) is 29.3. The molecule has 1 aromatic heterocycles. The molecule has 0 amide bonds. The van der Waals surface area contributed by atoms with E-state index in [1.54, 1.807) is 20.7 Å². The fraction of sp³-hybridized carbons (Fsp3) is 0.692. The van der Waals surface area contributed by atoms with E-state index in [4.69, 9.17) is 4.84 Å². The maximum Gasteiger partial charge on any atom is 0.221 e. The van der Waals surface area contributed by atoms with Gasteiger partial charge in [0, 0.05) is 25.0 Å². The lowest BCUT2D eigenvalue weighted by molar-refractivity contribution is -0.110. The highest BCUT2D eigenvalue weighted by molar-refractivity contribution is 7.89. The molecule has 0 radical (unpaired) electrons. The minimum atomic E-state index is -3.29. The summed E-state index contributed by atoms with van der Waals surface area (Å²) in [4.78, 5) is 6.63. The Kier molecular flexibility index (Phi) is 3.89. The third-order valence-electron chi connectivity index (χ3n) is 4.16. The van der Waals surface area contributed by atoms with Gasteiger partial charge in [0.15, 0.2) is 0 Å². The van der Waals surface area contributed by atoms with Gasteiger partial charge in [-0.25, -0.2) is 12.7 Å². The van der Waals surface area contributed by atoms with Crippen LogP contribution in [-0.4, -0.2) is 49.8 Å². The van der Waals surface area contributed by atoms with Crippen molar-refractivity contribution in [2.75, 3.05) is 26.7 Å². The van der Waals surface area contributed by atoms with Crippen molar-refractivity contribution in [3.8, 4) is 0 Å². The first-order valence-electron chi connectivity index (χ1n) is 6.90. The highest BCUT2D eigenvalue weighted by atomic mass is 32.2. The number of hydrogen-bond donors (Lipinski definition) is 0. The third kappa shape index (κ3) is 2.31. The summed E-state index contributed by atoms with van der Waals surface area (Å²) in [5, 5.41) is 3.22. The molecule has 1 aromatic rings. The Balaban J connectivity index is 1.94. The van der Waals surface area contributed by atoms with Crippen molar-refractivity contribution in [1.29, 1.82) is 0 Å². The number of hydrogen-bond acceptors (Lipinski definition) is 5. The molecule has 7 heteroatoms. The van der Waals surface area contributed by atoms with E-state index in [0.29, 0.717) is 13.1 Å². The molecule has 0 saturated carbocycles. The fourth-order valence-corrected chi connectivity index (χ4v) is 6.23. The van der Waals surface area contributed by atoms with Crippen LogP contribution >= 0.6 is 11.3 Å². The van der Waals surface area contributed by atoms with Crippen molar-refractivity contribution in [3.05, 3.63) is 21.9 Å². The molecule has 0 spiro atoms. The van der Waals surface area contributed by atoms with E-state index in [1.165, 1.54) is 0 Å². The summed E-state index contributed by atoms with van der Waals surface area (Å²) in [5.74, 6) is 0. The topological polar surface area (TPSA) is 49.9 Å². The second-order valence-electron chi connectivity index (χ2n) is 5.44. The van der Waals surface area contributed by atoms with Crippen LogP contribution in [0.5, 0.6) is 0 Å². The zero-order chi connectivity index (χ0) is 14.3. The van der Waals surface area contributed by atoms with Gasteiger partial charge in [-0.1, -0.05) is 0 Å². The maximum absolute atomic E-state index is 12.8. The number of sulfonamides is 1. The molecule has 3 heterocycles. The number of rotatable bonds is 3. The van der Waals surface area contributed by atoms with Crippen LogP contribution in [0.1, 0.15) is 29.3 Å². The molecule has 5 nitrogen and oxygen atoms in total. The van der Waals surface area contributed by atoms with Crippen LogP contribution in [0.15, 0.2) is 11.4 Å². The number of nitrogens with zero attached hydrogens (tertiary/aromatic N) is 2. The summed E-state index contributed by atoms with van der Waals surface area (Å²) in [6, 6.07) is 1.84. The number of hydroxylamine groups is 2. The van der Waals surface area contributed by atoms with E-state index in [1.807, 2.05) is 25.4 Å². The minimum Gasteiger partial charge on any atom is -0.297 e. The van der Waals surface area contributed by atoms with Crippen molar-refractivity contribution in [3.63, 3.8) is 0 Å². The molecular weight excluding hydrogens is 296 g/mol. The van der Waals surface area contributed by atoms with E-state index in [2.05, 4.69) is 0 Å². The second-order valence-corrected chi connectivity index (χ2v) is 8.54. The van der Waals surface area contributed by atoms with Crippen LogP contribution in [0.4, 0.5) is 0 Å². The van der Waals surface area contributed by atoms with Crippen molar-refractivity contribution in [2.24, 2.45) is 0 Å². The summed E-state index contributed by atoms with van der Waals surface area (Å²) in [7, 11) is -1.47. The Morgan fingerprint density at radius 3 is 2.65 bits per heavy atom. The zero-order valence-electron chi connectivity index (χ0n) is 11.8. The van der Waals surface area contributed by atoms with Crippen LogP contribution < -0.4 is 0 Å². The van der Waals surface area contributed by atoms with Gasteiger partial charge in [0.25, 0.3) is 0 Å². The summed E-state index contributed by atoms with van der Waals surface area (Å²) >= 11 is 1.61. The largest absolute Gasteiger partial charge is 0.297 e. The fourth-order valence-electron chi connectivity index (χ4n) is 3.00. The average molecular weight is 316 g/mol. The molecule has 0 aromatic carbocycles. The van der Waals surface area contributed by atoms with Gasteiger partial charge in [-0.3, -0.25) is 4.84 Å². The lowest BCUT2D eigenvalue weighted by Crippen LogP contribution is -2.41. The van der Waals surface area contributed by atoms with E-state index in [-0.39, 0.29) is 12.6 Å². The predicted octanol–water partition coefficient (Wildman–Crippen LogP) is 1.77. The third-order valence-corrected chi connectivity index (χ3v) is 7.50. The van der Waals surface area contributed by atoms with Crippen LogP contribution in [-0.2, 0) is 14.9 Å².